The normalized spacial score (nSPS) is 21.8. The Hall–Kier alpha value is -2.27. The van der Waals surface area contributed by atoms with Crippen LogP contribution >= 0.6 is 0 Å². The van der Waals surface area contributed by atoms with Crippen molar-refractivity contribution in [3.8, 4) is 11.3 Å². The highest BCUT2D eigenvalue weighted by Gasteiger charge is 2.30. The molecule has 1 aliphatic carbocycles. The Labute approximate surface area is 154 Å². The minimum atomic E-state index is -0.414. The van der Waals surface area contributed by atoms with E-state index >= 15 is 0 Å². The van der Waals surface area contributed by atoms with E-state index < -0.39 is 5.91 Å². The number of hydrogen-bond donors (Lipinski definition) is 1. The summed E-state index contributed by atoms with van der Waals surface area (Å²) in [7, 11) is 0. The minimum Gasteiger partial charge on any atom is -0.366 e. The van der Waals surface area contributed by atoms with Crippen LogP contribution < -0.4 is 5.73 Å². The molecule has 1 aromatic carbocycles. The van der Waals surface area contributed by atoms with Crippen molar-refractivity contribution in [2.24, 2.45) is 5.73 Å². The average Bonchev–Trinajstić information content (AvgIpc) is 3.23. The molecule has 2 N–H and O–H groups in total. The monoisotopic (exact) mass is 350 g/mol. The fourth-order valence-corrected chi connectivity index (χ4v) is 4.52. The van der Waals surface area contributed by atoms with Gasteiger partial charge in [0.25, 0.3) is 0 Å². The minimum absolute atomic E-state index is 0.394. The Morgan fingerprint density at radius 1 is 1.08 bits per heavy atom. The number of rotatable bonds is 4. The third-order valence-electron chi connectivity index (χ3n) is 5.83. The first kappa shape index (κ1) is 17.2. The summed E-state index contributed by atoms with van der Waals surface area (Å²) in [4.78, 5) is 23.5. The standard InChI is InChI=1S/C21H26N4O/c22-21(26)16-6-3-5-15(13-16)19-20(24-11-10-23-19)17-7-4-12-25(14-17)18-8-1-2-9-18/h3,5-6,10-11,13,17-18H,1-2,4,7-9,12,14H2,(H2,22,26)/t17-/m0/s1. The second-order valence-electron chi connectivity index (χ2n) is 7.51. The van der Waals surface area contributed by atoms with Crippen LogP contribution in [0, 0.1) is 0 Å². The molecule has 1 amide bonds. The van der Waals surface area contributed by atoms with Gasteiger partial charge in [0, 0.05) is 42.0 Å². The Balaban J connectivity index is 1.63. The first-order chi connectivity index (χ1) is 12.7. The van der Waals surface area contributed by atoms with E-state index in [1.807, 2.05) is 18.2 Å². The highest BCUT2D eigenvalue weighted by molar-refractivity contribution is 5.94. The number of aromatic nitrogens is 2. The van der Waals surface area contributed by atoms with Crippen molar-refractivity contribution in [2.75, 3.05) is 13.1 Å². The number of carbonyl (C=O) groups is 1. The molecule has 4 rings (SSSR count). The van der Waals surface area contributed by atoms with Crippen molar-refractivity contribution in [1.82, 2.24) is 14.9 Å². The van der Waals surface area contributed by atoms with Gasteiger partial charge in [0.2, 0.25) is 5.91 Å². The van der Waals surface area contributed by atoms with Gasteiger partial charge in [-0.05, 0) is 44.4 Å². The van der Waals surface area contributed by atoms with Crippen LogP contribution in [-0.4, -0.2) is 39.9 Å². The van der Waals surface area contributed by atoms with Crippen molar-refractivity contribution >= 4 is 5.91 Å². The lowest BCUT2D eigenvalue weighted by atomic mass is 9.90. The van der Waals surface area contributed by atoms with Crippen molar-refractivity contribution in [3.05, 3.63) is 47.9 Å². The molecular weight excluding hydrogens is 324 g/mol. The lowest BCUT2D eigenvalue weighted by Gasteiger charge is -2.37. The van der Waals surface area contributed by atoms with Gasteiger partial charge in [0.05, 0.1) is 11.4 Å². The van der Waals surface area contributed by atoms with E-state index in [9.17, 15) is 4.79 Å². The second-order valence-corrected chi connectivity index (χ2v) is 7.51. The molecule has 2 aromatic rings. The maximum atomic E-state index is 11.5. The van der Waals surface area contributed by atoms with E-state index in [0.29, 0.717) is 11.5 Å². The van der Waals surface area contributed by atoms with Gasteiger partial charge in [-0.15, -0.1) is 0 Å². The van der Waals surface area contributed by atoms with Crippen LogP contribution in [0.25, 0.3) is 11.3 Å². The first-order valence-electron chi connectivity index (χ1n) is 9.67. The van der Waals surface area contributed by atoms with E-state index in [-0.39, 0.29) is 0 Å². The van der Waals surface area contributed by atoms with Gasteiger partial charge < -0.3 is 5.73 Å². The molecular formula is C21H26N4O. The molecule has 1 aromatic heterocycles. The van der Waals surface area contributed by atoms with E-state index in [1.165, 1.54) is 38.6 Å². The number of nitrogens with zero attached hydrogens (tertiary/aromatic N) is 3. The van der Waals surface area contributed by atoms with Gasteiger partial charge in [-0.3, -0.25) is 19.7 Å². The van der Waals surface area contributed by atoms with E-state index in [0.717, 1.165) is 36.0 Å². The third kappa shape index (κ3) is 3.49. The summed E-state index contributed by atoms with van der Waals surface area (Å²) >= 11 is 0. The zero-order valence-corrected chi connectivity index (χ0v) is 15.1. The van der Waals surface area contributed by atoms with Gasteiger partial charge in [0.1, 0.15) is 0 Å². The van der Waals surface area contributed by atoms with E-state index in [2.05, 4.69) is 9.88 Å². The van der Waals surface area contributed by atoms with Gasteiger partial charge >= 0.3 is 0 Å². The molecule has 2 fully saturated rings. The van der Waals surface area contributed by atoms with Crippen molar-refractivity contribution in [1.29, 1.82) is 0 Å². The fraction of sp³-hybridized carbons (Fsp3) is 0.476. The maximum Gasteiger partial charge on any atom is 0.248 e. The van der Waals surface area contributed by atoms with Crippen LogP contribution in [0.5, 0.6) is 0 Å². The molecule has 5 nitrogen and oxygen atoms in total. The lowest BCUT2D eigenvalue weighted by molar-refractivity contribution is 0.100. The van der Waals surface area contributed by atoms with E-state index in [4.69, 9.17) is 10.7 Å². The maximum absolute atomic E-state index is 11.5. The highest BCUT2D eigenvalue weighted by atomic mass is 16.1. The SMILES string of the molecule is NC(=O)c1cccc(-c2nccnc2[C@H]2CCCN(C3CCCC3)C2)c1. The number of likely N-dealkylation sites (tertiary alicyclic amines) is 1. The summed E-state index contributed by atoms with van der Waals surface area (Å²) in [5.74, 6) is -0.0207. The summed E-state index contributed by atoms with van der Waals surface area (Å²) in [5.41, 5.74) is 8.81. The van der Waals surface area contributed by atoms with Crippen molar-refractivity contribution in [2.45, 2.75) is 50.5 Å². The molecule has 0 radical (unpaired) electrons. The van der Waals surface area contributed by atoms with Crippen LogP contribution in [0.1, 0.15) is 60.5 Å². The molecule has 1 aliphatic heterocycles. The summed E-state index contributed by atoms with van der Waals surface area (Å²) in [5, 5.41) is 0. The summed E-state index contributed by atoms with van der Waals surface area (Å²) in [6, 6.07) is 8.16. The van der Waals surface area contributed by atoms with Crippen LogP contribution in [0.15, 0.2) is 36.7 Å². The average molecular weight is 350 g/mol. The number of benzene rings is 1. The van der Waals surface area contributed by atoms with Crippen LogP contribution in [-0.2, 0) is 0 Å². The predicted molar refractivity (Wildman–Crippen MR) is 102 cm³/mol. The van der Waals surface area contributed by atoms with Crippen molar-refractivity contribution < 1.29 is 4.79 Å². The number of nitrogens with two attached hydrogens (primary N) is 1. The highest BCUT2D eigenvalue weighted by Crippen LogP contribution is 2.35. The lowest BCUT2D eigenvalue weighted by Crippen LogP contribution is -2.41. The Morgan fingerprint density at radius 2 is 1.88 bits per heavy atom. The first-order valence-corrected chi connectivity index (χ1v) is 9.67. The summed E-state index contributed by atoms with van der Waals surface area (Å²) in [6.07, 6.45) is 11.3. The van der Waals surface area contributed by atoms with Crippen LogP contribution in [0.3, 0.4) is 0 Å². The second kappa shape index (κ2) is 7.54. The quantitative estimate of drug-likeness (QED) is 0.918. The Kier molecular flexibility index (Phi) is 4.98. The number of hydrogen-bond acceptors (Lipinski definition) is 4. The number of primary amides is 1. The molecule has 0 bridgehead atoms. The van der Waals surface area contributed by atoms with Crippen LogP contribution in [0.4, 0.5) is 0 Å². The van der Waals surface area contributed by atoms with Gasteiger partial charge in [-0.25, -0.2) is 0 Å². The summed E-state index contributed by atoms with van der Waals surface area (Å²) in [6.45, 7) is 2.26. The fourth-order valence-electron chi connectivity index (χ4n) is 4.52. The van der Waals surface area contributed by atoms with Gasteiger partial charge in [-0.2, -0.15) is 0 Å². The number of amides is 1. The molecule has 1 atom stereocenters. The topological polar surface area (TPSA) is 72.1 Å². The molecule has 0 spiro atoms. The summed E-state index contributed by atoms with van der Waals surface area (Å²) < 4.78 is 0. The Bertz CT molecular complexity index is 785. The van der Waals surface area contributed by atoms with Crippen LogP contribution in [0.2, 0.25) is 0 Å². The smallest absolute Gasteiger partial charge is 0.248 e. The van der Waals surface area contributed by atoms with Gasteiger partial charge in [0.15, 0.2) is 0 Å². The van der Waals surface area contributed by atoms with Crippen molar-refractivity contribution in [3.63, 3.8) is 0 Å². The predicted octanol–water partition coefficient (Wildman–Crippen LogP) is 3.36. The molecule has 2 aliphatic rings. The van der Waals surface area contributed by atoms with Gasteiger partial charge in [-0.1, -0.05) is 25.0 Å². The van der Waals surface area contributed by atoms with E-state index in [1.54, 1.807) is 18.5 Å². The zero-order valence-electron chi connectivity index (χ0n) is 15.1. The number of carbonyl (C=O) groups excluding carboxylic acids is 1. The largest absolute Gasteiger partial charge is 0.366 e. The molecule has 5 heteroatoms. The molecule has 1 saturated carbocycles. The molecule has 136 valence electrons. The molecule has 26 heavy (non-hydrogen) atoms. The third-order valence-corrected chi connectivity index (χ3v) is 5.83. The Morgan fingerprint density at radius 3 is 2.69 bits per heavy atom. The number of piperidine rings is 1. The molecule has 2 heterocycles. The molecule has 0 unspecified atom stereocenters. The molecule has 1 saturated heterocycles. The zero-order chi connectivity index (χ0) is 17.9.